The van der Waals surface area contributed by atoms with Gasteiger partial charge in [0, 0.05) is 25.8 Å². The van der Waals surface area contributed by atoms with E-state index in [-0.39, 0.29) is 0 Å². The Morgan fingerprint density at radius 2 is 2.21 bits per heavy atom. The van der Waals surface area contributed by atoms with Crippen LogP contribution in [0.1, 0.15) is 32.6 Å². The summed E-state index contributed by atoms with van der Waals surface area (Å²) in [7, 11) is 1.76. The van der Waals surface area contributed by atoms with Crippen LogP contribution in [0.4, 0.5) is 0 Å². The van der Waals surface area contributed by atoms with Crippen molar-refractivity contribution in [1.29, 1.82) is 0 Å². The molecule has 1 aliphatic rings. The van der Waals surface area contributed by atoms with Crippen LogP contribution >= 0.6 is 0 Å². The number of aliphatic hydroxyl groups excluding tert-OH is 1. The number of methoxy groups -OCH3 is 1. The Labute approximate surface area is 86.8 Å². The lowest BCUT2D eigenvalue weighted by molar-refractivity contribution is 0.150. The minimum Gasteiger partial charge on any atom is -0.396 e. The van der Waals surface area contributed by atoms with Gasteiger partial charge >= 0.3 is 0 Å². The molecule has 1 rings (SSSR count). The van der Waals surface area contributed by atoms with E-state index < -0.39 is 0 Å². The van der Waals surface area contributed by atoms with Crippen molar-refractivity contribution in [1.82, 2.24) is 5.32 Å². The smallest absolute Gasteiger partial charge is 0.0618 e. The van der Waals surface area contributed by atoms with Crippen molar-refractivity contribution in [3.8, 4) is 0 Å². The van der Waals surface area contributed by atoms with Crippen molar-refractivity contribution in [2.75, 3.05) is 20.3 Å². The number of hydrogen-bond acceptors (Lipinski definition) is 3. The average molecular weight is 201 g/mol. The number of hydrogen-bond donors (Lipinski definition) is 2. The molecule has 14 heavy (non-hydrogen) atoms. The fourth-order valence-corrected chi connectivity index (χ4v) is 1.84. The van der Waals surface area contributed by atoms with Crippen molar-refractivity contribution >= 4 is 0 Å². The molecule has 0 aromatic heterocycles. The Balaban J connectivity index is 2.16. The minimum absolute atomic E-state index is 0.296. The molecule has 0 aromatic carbocycles. The molecule has 0 heterocycles. The molecule has 2 unspecified atom stereocenters. The van der Waals surface area contributed by atoms with Crippen LogP contribution in [0.3, 0.4) is 0 Å². The third-order valence-electron chi connectivity index (χ3n) is 2.83. The molecule has 0 aromatic rings. The van der Waals surface area contributed by atoms with E-state index in [1.807, 2.05) is 0 Å². The van der Waals surface area contributed by atoms with Gasteiger partial charge in [-0.25, -0.2) is 0 Å². The van der Waals surface area contributed by atoms with Gasteiger partial charge in [-0.15, -0.1) is 0 Å². The van der Waals surface area contributed by atoms with Crippen LogP contribution in [-0.2, 0) is 4.74 Å². The van der Waals surface area contributed by atoms with Crippen molar-refractivity contribution in [2.45, 2.75) is 44.7 Å². The van der Waals surface area contributed by atoms with E-state index in [2.05, 4.69) is 12.2 Å². The van der Waals surface area contributed by atoms with Gasteiger partial charge in [-0.2, -0.15) is 0 Å². The number of ether oxygens (including phenoxy) is 1. The summed E-state index contributed by atoms with van der Waals surface area (Å²) in [6.07, 6.45) is 4.61. The predicted molar refractivity (Wildman–Crippen MR) is 57.3 cm³/mol. The highest BCUT2D eigenvalue weighted by Gasteiger charge is 2.31. The fourth-order valence-electron chi connectivity index (χ4n) is 1.84. The first kappa shape index (κ1) is 12.0. The summed E-state index contributed by atoms with van der Waals surface area (Å²) < 4.78 is 5.20. The molecule has 0 amide bonds. The first-order valence-corrected chi connectivity index (χ1v) is 5.63. The first-order valence-electron chi connectivity index (χ1n) is 5.63. The lowest BCUT2D eigenvalue weighted by atomic mass is 10.1. The van der Waals surface area contributed by atoms with Gasteiger partial charge in [-0.05, 0) is 38.5 Å². The molecule has 0 saturated heterocycles. The molecule has 1 fully saturated rings. The molecule has 3 heteroatoms. The summed E-state index contributed by atoms with van der Waals surface area (Å²) in [5.74, 6) is 0.825. The maximum atomic E-state index is 8.72. The van der Waals surface area contributed by atoms with Crippen molar-refractivity contribution in [2.24, 2.45) is 5.92 Å². The number of nitrogens with one attached hydrogen (secondary N) is 1. The molecule has 0 spiro atoms. The van der Waals surface area contributed by atoms with E-state index >= 15 is 0 Å². The minimum atomic E-state index is 0.296. The van der Waals surface area contributed by atoms with Crippen LogP contribution < -0.4 is 5.32 Å². The highest BCUT2D eigenvalue weighted by molar-refractivity contribution is 4.87. The third-order valence-corrected chi connectivity index (χ3v) is 2.83. The lowest BCUT2D eigenvalue weighted by Crippen LogP contribution is -2.41. The summed E-state index contributed by atoms with van der Waals surface area (Å²) in [4.78, 5) is 0. The zero-order chi connectivity index (χ0) is 10.4. The third kappa shape index (κ3) is 4.40. The fraction of sp³-hybridized carbons (Fsp3) is 1.00. The van der Waals surface area contributed by atoms with Gasteiger partial charge in [0.1, 0.15) is 0 Å². The molecular formula is C11H23NO2. The number of rotatable bonds is 8. The molecular weight excluding hydrogens is 178 g/mol. The second kappa shape index (κ2) is 6.38. The van der Waals surface area contributed by atoms with Crippen molar-refractivity contribution in [3.63, 3.8) is 0 Å². The monoisotopic (exact) mass is 201 g/mol. The Morgan fingerprint density at radius 1 is 1.50 bits per heavy atom. The van der Waals surface area contributed by atoms with Crippen LogP contribution in [0.15, 0.2) is 0 Å². The van der Waals surface area contributed by atoms with Gasteiger partial charge < -0.3 is 15.2 Å². The predicted octanol–water partition coefficient (Wildman–Crippen LogP) is 1.16. The zero-order valence-corrected chi connectivity index (χ0v) is 9.33. The van der Waals surface area contributed by atoms with Crippen LogP contribution in [0.25, 0.3) is 0 Å². The summed E-state index contributed by atoms with van der Waals surface area (Å²) in [5, 5.41) is 12.3. The van der Waals surface area contributed by atoms with Crippen LogP contribution in [-0.4, -0.2) is 37.5 Å². The standard InChI is InChI=1S/C11H23NO2/c1-9(4-3-7-13)12-11(8-14-2)10-5-6-10/h9-13H,3-8H2,1-2H3. The second-order valence-corrected chi connectivity index (χ2v) is 4.33. The van der Waals surface area contributed by atoms with Gasteiger partial charge in [0.15, 0.2) is 0 Å². The topological polar surface area (TPSA) is 41.5 Å². The van der Waals surface area contributed by atoms with E-state index in [1.54, 1.807) is 7.11 Å². The quantitative estimate of drug-likeness (QED) is 0.619. The normalized spacial score (nSPS) is 20.8. The number of aliphatic hydroxyl groups is 1. The molecule has 3 nitrogen and oxygen atoms in total. The highest BCUT2D eigenvalue weighted by atomic mass is 16.5. The van der Waals surface area contributed by atoms with Crippen LogP contribution in [0, 0.1) is 5.92 Å². The molecule has 2 atom stereocenters. The average Bonchev–Trinajstić information content (AvgIpc) is 2.97. The Kier molecular flexibility index (Phi) is 5.45. The lowest BCUT2D eigenvalue weighted by Gasteiger charge is -2.22. The molecule has 0 aliphatic heterocycles. The maximum absolute atomic E-state index is 8.72. The summed E-state index contributed by atoms with van der Waals surface area (Å²) in [6.45, 7) is 3.29. The Bertz CT molecular complexity index is 148. The summed E-state index contributed by atoms with van der Waals surface area (Å²) in [5.41, 5.74) is 0. The SMILES string of the molecule is COCC(NC(C)CCCO)C1CC1. The molecule has 2 N–H and O–H groups in total. The second-order valence-electron chi connectivity index (χ2n) is 4.33. The molecule has 0 bridgehead atoms. The molecule has 1 aliphatic carbocycles. The van der Waals surface area contributed by atoms with E-state index in [1.165, 1.54) is 12.8 Å². The molecule has 84 valence electrons. The van der Waals surface area contributed by atoms with Crippen molar-refractivity contribution < 1.29 is 9.84 Å². The van der Waals surface area contributed by atoms with Gasteiger partial charge in [0.05, 0.1) is 6.61 Å². The van der Waals surface area contributed by atoms with Gasteiger partial charge in [-0.1, -0.05) is 0 Å². The highest BCUT2D eigenvalue weighted by Crippen LogP contribution is 2.33. The van der Waals surface area contributed by atoms with E-state index in [4.69, 9.17) is 9.84 Å². The summed E-state index contributed by atoms with van der Waals surface area (Å²) in [6, 6.07) is 1.01. The van der Waals surface area contributed by atoms with Crippen LogP contribution in [0.5, 0.6) is 0 Å². The largest absolute Gasteiger partial charge is 0.396 e. The first-order chi connectivity index (χ1) is 6.77. The van der Waals surface area contributed by atoms with Crippen molar-refractivity contribution in [3.05, 3.63) is 0 Å². The maximum Gasteiger partial charge on any atom is 0.0618 e. The summed E-state index contributed by atoms with van der Waals surface area (Å²) >= 11 is 0. The molecule has 1 saturated carbocycles. The van der Waals surface area contributed by atoms with E-state index in [9.17, 15) is 0 Å². The van der Waals surface area contributed by atoms with Gasteiger partial charge in [-0.3, -0.25) is 0 Å². The van der Waals surface area contributed by atoms with Crippen LogP contribution in [0.2, 0.25) is 0 Å². The van der Waals surface area contributed by atoms with Gasteiger partial charge in [0.2, 0.25) is 0 Å². The van der Waals surface area contributed by atoms with E-state index in [0.717, 1.165) is 25.4 Å². The van der Waals surface area contributed by atoms with E-state index in [0.29, 0.717) is 18.7 Å². The Hall–Kier alpha value is -0.120. The Morgan fingerprint density at radius 3 is 2.71 bits per heavy atom. The zero-order valence-electron chi connectivity index (χ0n) is 9.33. The van der Waals surface area contributed by atoms with Gasteiger partial charge in [0.25, 0.3) is 0 Å². The molecule has 0 radical (unpaired) electrons.